The van der Waals surface area contributed by atoms with Crippen LogP contribution in [0.2, 0.25) is 0 Å². The topological polar surface area (TPSA) is 32.3 Å². The summed E-state index contributed by atoms with van der Waals surface area (Å²) in [6.07, 6.45) is 0. The van der Waals surface area contributed by atoms with Gasteiger partial charge in [0.1, 0.15) is 0 Å². The lowest BCUT2D eigenvalue weighted by Crippen LogP contribution is -2.20. The molecule has 0 radical (unpaired) electrons. The molecule has 2 aromatic carbocycles. The van der Waals surface area contributed by atoms with Gasteiger partial charge < -0.3 is 10.4 Å². The molecule has 0 saturated carbocycles. The highest BCUT2D eigenvalue weighted by atomic mass is 32.2. The lowest BCUT2D eigenvalue weighted by atomic mass is 10.0. The minimum absolute atomic E-state index is 0.230. The van der Waals surface area contributed by atoms with Crippen LogP contribution in [-0.2, 0) is 0 Å². The molecular weight excluding hydrogens is 278 g/mol. The summed E-state index contributed by atoms with van der Waals surface area (Å²) in [6, 6.07) is 19.5. The largest absolute Gasteiger partial charge is 0.395 e. The van der Waals surface area contributed by atoms with Gasteiger partial charge in [0.25, 0.3) is 0 Å². The molecule has 0 aliphatic rings. The maximum absolute atomic E-state index is 9.11. The van der Waals surface area contributed by atoms with Crippen LogP contribution < -0.4 is 5.32 Å². The van der Waals surface area contributed by atoms with Crippen molar-refractivity contribution in [2.75, 3.05) is 19.4 Å². The van der Waals surface area contributed by atoms with Crippen molar-refractivity contribution in [3.05, 3.63) is 60.2 Å². The van der Waals surface area contributed by atoms with Gasteiger partial charge in [0.05, 0.1) is 6.61 Å². The van der Waals surface area contributed by atoms with Gasteiger partial charge >= 0.3 is 0 Å². The van der Waals surface area contributed by atoms with E-state index in [1.807, 2.05) is 13.1 Å². The van der Waals surface area contributed by atoms with Crippen LogP contribution in [0.4, 0.5) is 0 Å². The molecule has 2 aromatic rings. The van der Waals surface area contributed by atoms with E-state index in [-0.39, 0.29) is 11.9 Å². The normalized spacial score (nSPS) is 13.9. The molecule has 0 amide bonds. The first-order valence-electron chi connectivity index (χ1n) is 7.29. The number of aliphatic hydroxyl groups excluding tert-OH is 1. The summed E-state index contributed by atoms with van der Waals surface area (Å²) >= 11 is 1.79. The predicted molar refractivity (Wildman–Crippen MR) is 92.7 cm³/mol. The average Bonchev–Trinajstić information content (AvgIpc) is 2.56. The van der Waals surface area contributed by atoms with Gasteiger partial charge in [0.15, 0.2) is 0 Å². The van der Waals surface area contributed by atoms with E-state index in [2.05, 4.69) is 60.8 Å². The minimum Gasteiger partial charge on any atom is -0.395 e. The second-order valence-electron chi connectivity index (χ2n) is 5.16. The van der Waals surface area contributed by atoms with E-state index in [4.69, 9.17) is 5.11 Å². The molecule has 0 fully saturated rings. The molecule has 0 aliphatic heterocycles. The highest BCUT2D eigenvalue weighted by Crippen LogP contribution is 2.24. The summed E-state index contributed by atoms with van der Waals surface area (Å²) in [4.78, 5) is 0. The zero-order valence-corrected chi connectivity index (χ0v) is 13.4. The molecule has 21 heavy (non-hydrogen) atoms. The van der Waals surface area contributed by atoms with E-state index in [0.717, 1.165) is 5.75 Å². The van der Waals surface area contributed by atoms with Crippen molar-refractivity contribution in [2.45, 2.75) is 18.2 Å². The summed E-state index contributed by atoms with van der Waals surface area (Å²) in [6.45, 7) is 2.28. The Morgan fingerprint density at radius 1 is 1.00 bits per heavy atom. The average molecular weight is 301 g/mol. The third-order valence-corrected chi connectivity index (χ3v) is 4.82. The van der Waals surface area contributed by atoms with Gasteiger partial charge in [-0.2, -0.15) is 11.8 Å². The Hall–Kier alpha value is -1.29. The van der Waals surface area contributed by atoms with Gasteiger partial charge in [0.2, 0.25) is 0 Å². The molecule has 112 valence electrons. The Bertz CT molecular complexity index is 527. The van der Waals surface area contributed by atoms with Gasteiger partial charge in [-0.1, -0.05) is 61.5 Å². The van der Waals surface area contributed by atoms with E-state index in [1.54, 1.807) is 11.8 Å². The molecule has 2 N–H and O–H groups in total. The third-order valence-electron chi connectivity index (χ3n) is 3.57. The molecule has 2 nitrogen and oxygen atoms in total. The fourth-order valence-electron chi connectivity index (χ4n) is 2.20. The predicted octanol–water partition coefficient (Wildman–Crippen LogP) is 3.73. The number of rotatable bonds is 7. The van der Waals surface area contributed by atoms with Crippen molar-refractivity contribution in [1.82, 2.24) is 5.32 Å². The van der Waals surface area contributed by atoms with Crippen LogP contribution in [0.1, 0.15) is 18.5 Å². The Morgan fingerprint density at radius 2 is 1.62 bits per heavy atom. The monoisotopic (exact) mass is 301 g/mol. The zero-order chi connectivity index (χ0) is 15.1. The van der Waals surface area contributed by atoms with Crippen LogP contribution in [0.3, 0.4) is 0 Å². The summed E-state index contributed by atoms with van der Waals surface area (Å²) in [7, 11) is 1.99. The molecule has 0 aliphatic carbocycles. The second-order valence-corrected chi connectivity index (χ2v) is 6.63. The van der Waals surface area contributed by atoms with Crippen molar-refractivity contribution in [1.29, 1.82) is 0 Å². The molecule has 2 unspecified atom stereocenters. The molecule has 0 saturated heterocycles. The molecule has 2 atom stereocenters. The van der Waals surface area contributed by atoms with Crippen LogP contribution in [0.15, 0.2) is 54.6 Å². The summed E-state index contributed by atoms with van der Waals surface area (Å²) in [5, 5.41) is 12.7. The number of benzene rings is 2. The quantitative estimate of drug-likeness (QED) is 0.817. The van der Waals surface area contributed by atoms with Gasteiger partial charge in [-0.15, -0.1) is 0 Å². The fraction of sp³-hybridized carbons (Fsp3) is 0.333. The van der Waals surface area contributed by atoms with Crippen molar-refractivity contribution in [3.63, 3.8) is 0 Å². The molecule has 0 aromatic heterocycles. The van der Waals surface area contributed by atoms with E-state index in [1.165, 1.54) is 16.7 Å². The maximum Gasteiger partial charge on any atom is 0.0547 e. The van der Waals surface area contributed by atoms with Crippen LogP contribution in [0, 0.1) is 0 Å². The summed E-state index contributed by atoms with van der Waals surface area (Å²) in [5.74, 6) is 0.961. The van der Waals surface area contributed by atoms with E-state index >= 15 is 0 Å². The summed E-state index contributed by atoms with van der Waals surface area (Å²) < 4.78 is 0. The Balaban J connectivity index is 2.06. The highest BCUT2D eigenvalue weighted by Gasteiger charge is 2.11. The number of thioether (sulfide) groups is 1. The first kappa shape index (κ1) is 16.1. The molecule has 0 spiro atoms. The number of nitrogens with one attached hydrogen (secondary N) is 1. The zero-order valence-electron chi connectivity index (χ0n) is 12.6. The minimum atomic E-state index is 0.230. The van der Waals surface area contributed by atoms with E-state index in [0.29, 0.717) is 6.04 Å². The maximum atomic E-state index is 9.11. The standard InChI is InChI=1S/C18H23NOS/c1-14(12-20)21-13-18(19-2)17-10-8-16(9-11-17)15-6-4-3-5-7-15/h3-11,14,18-20H,12-13H2,1-2H3. The molecule has 0 heterocycles. The number of aliphatic hydroxyl groups is 1. The first-order valence-corrected chi connectivity index (χ1v) is 8.34. The van der Waals surface area contributed by atoms with Crippen molar-refractivity contribution >= 4 is 11.8 Å². The molecule has 0 bridgehead atoms. The second kappa shape index (κ2) is 8.23. The lowest BCUT2D eigenvalue weighted by Gasteiger charge is -2.18. The molecule has 3 heteroatoms. The van der Waals surface area contributed by atoms with E-state index < -0.39 is 0 Å². The molecular formula is C18H23NOS. The Morgan fingerprint density at radius 3 is 2.19 bits per heavy atom. The fourth-order valence-corrected chi connectivity index (χ4v) is 3.18. The van der Waals surface area contributed by atoms with Gasteiger partial charge in [0, 0.05) is 17.0 Å². The number of hydrogen-bond acceptors (Lipinski definition) is 3. The van der Waals surface area contributed by atoms with Crippen LogP contribution in [0.25, 0.3) is 11.1 Å². The van der Waals surface area contributed by atoms with Crippen molar-refractivity contribution in [3.8, 4) is 11.1 Å². The van der Waals surface area contributed by atoms with Gasteiger partial charge in [-0.05, 0) is 23.7 Å². The van der Waals surface area contributed by atoms with E-state index in [9.17, 15) is 0 Å². The first-order chi connectivity index (χ1) is 10.2. The van der Waals surface area contributed by atoms with Crippen molar-refractivity contribution in [2.24, 2.45) is 0 Å². The van der Waals surface area contributed by atoms with Gasteiger partial charge in [-0.3, -0.25) is 0 Å². The number of hydrogen-bond donors (Lipinski definition) is 2. The molecule has 2 rings (SSSR count). The van der Waals surface area contributed by atoms with Gasteiger partial charge in [-0.25, -0.2) is 0 Å². The lowest BCUT2D eigenvalue weighted by molar-refractivity contribution is 0.300. The SMILES string of the molecule is CNC(CSC(C)CO)c1ccc(-c2ccccc2)cc1. The van der Waals surface area contributed by atoms with Crippen LogP contribution in [0.5, 0.6) is 0 Å². The third kappa shape index (κ3) is 4.60. The van der Waals surface area contributed by atoms with Crippen LogP contribution in [-0.4, -0.2) is 29.8 Å². The van der Waals surface area contributed by atoms with Crippen molar-refractivity contribution < 1.29 is 5.11 Å². The van der Waals surface area contributed by atoms with Crippen LogP contribution >= 0.6 is 11.8 Å². The summed E-state index contributed by atoms with van der Waals surface area (Å²) in [5.41, 5.74) is 3.77. The Labute approximate surface area is 131 Å². The Kier molecular flexibility index (Phi) is 6.30. The smallest absolute Gasteiger partial charge is 0.0547 e. The highest BCUT2D eigenvalue weighted by molar-refractivity contribution is 7.99.